The van der Waals surface area contributed by atoms with Crippen LogP contribution in [0.2, 0.25) is 5.02 Å². The van der Waals surface area contributed by atoms with Crippen molar-refractivity contribution < 1.29 is 22.9 Å². The quantitative estimate of drug-likeness (QED) is 0.210. The number of sulfonamides is 1. The second-order valence-corrected chi connectivity index (χ2v) is 10.0. The van der Waals surface area contributed by atoms with Gasteiger partial charge in [-0.25, -0.2) is 8.42 Å². The van der Waals surface area contributed by atoms with Crippen molar-refractivity contribution in [1.82, 2.24) is 0 Å². The fourth-order valence-electron chi connectivity index (χ4n) is 3.42. The number of hydrogen-bond donors (Lipinski definition) is 1. The van der Waals surface area contributed by atoms with E-state index in [4.69, 9.17) is 16.3 Å². The largest absolute Gasteiger partial charge is 0.455 e. The number of anilines is 2. The first-order valence-electron chi connectivity index (χ1n) is 10.9. The Bertz CT molecular complexity index is 1530. The van der Waals surface area contributed by atoms with Gasteiger partial charge in [-0.3, -0.25) is 19.2 Å². The third-order valence-corrected chi connectivity index (χ3v) is 7.16. The van der Waals surface area contributed by atoms with Gasteiger partial charge < -0.3 is 10.1 Å². The molecule has 1 N–H and O–H groups in total. The number of nitro benzene ring substituents is 1. The van der Waals surface area contributed by atoms with Gasteiger partial charge in [0.2, 0.25) is 5.91 Å². The molecule has 11 heteroatoms. The number of halogens is 1. The molecule has 9 nitrogen and oxygen atoms in total. The zero-order valence-corrected chi connectivity index (χ0v) is 20.7. The number of benzene rings is 4. The highest BCUT2D eigenvalue weighted by Crippen LogP contribution is 2.33. The number of rotatable bonds is 9. The van der Waals surface area contributed by atoms with Gasteiger partial charge in [0.15, 0.2) is 5.75 Å². The van der Waals surface area contributed by atoms with Gasteiger partial charge in [0.05, 0.1) is 21.2 Å². The Kier molecular flexibility index (Phi) is 7.71. The minimum absolute atomic E-state index is 0.0416. The van der Waals surface area contributed by atoms with Crippen molar-refractivity contribution in [1.29, 1.82) is 0 Å². The topological polar surface area (TPSA) is 119 Å². The van der Waals surface area contributed by atoms with E-state index in [1.165, 1.54) is 48.5 Å². The molecule has 0 saturated carbocycles. The van der Waals surface area contributed by atoms with E-state index in [0.717, 1.165) is 10.4 Å². The maximum atomic E-state index is 13.5. The van der Waals surface area contributed by atoms with Crippen LogP contribution in [0.1, 0.15) is 0 Å². The minimum Gasteiger partial charge on any atom is -0.455 e. The summed E-state index contributed by atoms with van der Waals surface area (Å²) in [5.41, 5.74) is -0.142. The molecular formula is C26H20ClN3O6S. The van der Waals surface area contributed by atoms with Crippen LogP contribution < -0.4 is 14.4 Å². The number of carbonyl (C=O) groups excluding carboxylic acids is 1. The van der Waals surface area contributed by atoms with Crippen LogP contribution in [0, 0.1) is 10.1 Å². The predicted octanol–water partition coefficient (Wildman–Crippen LogP) is 5.87. The van der Waals surface area contributed by atoms with E-state index in [2.05, 4.69) is 5.32 Å². The van der Waals surface area contributed by atoms with E-state index in [9.17, 15) is 23.3 Å². The Labute approximate surface area is 218 Å². The number of nitrogens with zero attached hydrogens (tertiary/aromatic N) is 2. The average Bonchev–Trinajstić information content (AvgIpc) is 2.90. The van der Waals surface area contributed by atoms with Crippen LogP contribution in [0.3, 0.4) is 0 Å². The molecule has 0 aliphatic rings. The average molecular weight is 538 g/mol. The number of amides is 1. The summed E-state index contributed by atoms with van der Waals surface area (Å²) in [6.07, 6.45) is 0. The normalized spacial score (nSPS) is 10.9. The van der Waals surface area contributed by atoms with Gasteiger partial charge >= 0.3 is 0 Å². The van der Waals surface area contributed by atoms with Gasteiger partial charge in [-0.1, -0.05) is 54.1 Å². The predicted molar refractivity (Wildman–Crippen MR) is 141 cm³/mol. The standard InChI is InChI=1S/C26H20ClN3O6S/c27-19-14-15-25(36-22-10-3-1-4-11-22)24(16-19)28-26(31)18-29(20-8-7-9-21(17-20)30(32)33)37(34,35)23-12-5-2-6-13-23/h1-17H,18H2,(H,28,31). The van der Waals surface area contributed by atoms with Crippen molar-refractivity contribution in [3.05, 3.63) is 118 Å². The van der Waals surface area contributed by atoms with Gasteiger partial charge in [-0.05, 0) is 48.5 Å². The first-order valence-corrected chi connectivity index (χ1v) is 12.7. The fourth-order valence-corrected chi connectivity index (χ4v) is 5.03. The lowest BCUT2D eigenvalue weighted by molar-refractivity contribution is -0.384. The number of hydrogen-bond acceptors (Lipinski definition) is 6. The van der Waals surface area contributed by atoms with E-state index in [-0.39, 0.29) is 27.7 Å². The van der Waals surface area contributed by atoms with Crippen LogP contribution in [0.4, 0.5) is 17.1 Å². The van der Waals surface area contributed by atoms with Gasteiger partial charge in [-0.2, -0.15) is 0 Å². The van der Waals surface area contributed by atoms with Gasteiger partial charge in [0, 0.05) is 17.2 Å². The van der Waals surface area contributed by atoms with Crippen LogP contribution in [0.25, 0.3) is 0 Å². The summed E-state index contributed by atoms with van der Waals surface area (Å²) in [5.74, 6) is 0.0909. The Balaban J connectivity index is 1.67. The lowest BCUT2D eigenvalue weighted by Gasteiger charge is -2.24. The van der Waals surface area contributed by atoms with Crippen LogP contribution >= 0.6 is 11.6 Å². The molecule has 0 saturated heterocycles. The Morgan fingerprint density at radius 2 is 1.59 bits per heavy atom. The molecule has 0 atom stereocenters. The molecule has 0 aliphatic carbocycles. The molecule has 0 unspecified atom stereocenters. The number of nitro groups is 1. The van der Waals surface area contributed by atoms with Crippen LogP contribution in [-0.4, -0.2) is 25.8 Å². The minimum atomic E-state index is -4.26. The van der Waals surface area contributed by atoms with Crippen molar-refractivity contribution in [2.45, 2.75) is 4.90 Å². The zero-order valence-electron chi connectivity index (χ0n) is 19.2. The third kappa shape index (κ3) is 6.24. The number of nitrogens with one attached hydrogen (secondary N) is 1. The van der Waals surface area contributed by atoms with E-state index in [1.807, 2.05) is 6.07 Å². The molecule has 0 radical (unpaired) electrons. The van der Waals surface area contributed by atoms with E-state index in [1.54, 1.807) is 42.5 Å². The highest BCUT2D eigenvalue weighted by molar-refractivity contribution is 7.92. The Hall–Kier alpha value is -4.41. The summed E-state index contributed by atoms with van der Waals surface area (Å²) >= 11 is 6.13. The highest BCUT2D eigenvalue weighted by atomic mass is 35.5. The second-order valence-electron chi connectivity index (χ2n) is 7.71. The van der Waals surface area contributed by atoms with E-state index in [0.29, 0.717) is 10.8 Å². The molecule has 4 aromatic carbocycles. The summed E-state index contributed by atoms with van der Waals surface area (Å²) < 4.78 is 33.7. The first kappa shape index (κ1) is 25.7. The van der Waals surface area contributed by atoms with Crippen molar-refractivity contribution in [2.75, 3.05) is 16.2 Å². The summed E-state index contributed by atoms with van der Waals surface area (Å²) in [7, 11) is -4.26. The van der Waals surface area contributed by atoms with Gasteiger partial charge in [-0.15, -0.1) is 0 Å². The fraction of sp³-hybridized carbons (Fsp3) is 0.0385. The zero-order chi connectivity index (χ0) is 26.4. The number of para-hydroxylation sites is 1. The van der Waals surface area contributed by atoms with Crippen molar-refractivity contribution in [3.8, 4) is 11.5 Å². The first-order chi connectivity index (χ1) is 17.7. The molecule has 0 aromatic heterocycles. The number of non-ortho nitro benzene ring substituents is 1. The summed E-state index contributed by atoms with van der Waals surface area (Å²) in [6.45, 7) is -0.671. The maximum absolute atomic E-state index is 13.5. The van der Waals surface area contributed by atoms with Crippen LogP contribution in [0.5, 0.6) is 11.5 Å². The molecule has 0 fully saturated rings. The van der Waals surface area contributed by atoms with Crippen molar-refractivity contribution in [3.63, 3.8) is 0 Å². The molecule has 4 rings (SSSR count). The molecule has 0 spiro atoms. The van der Waals surface area contributed by atoms with E-state index < -0.39 is 27.4 Å². The smallest absolute Gasteiger partial charge is 0.271 e. The molecule has 37 heavy (non-hydrogen) atoms. The van der Waals surface area contributed by atoms with Crippen molar-refractivity contribution >= 4 is 44.6 Å². The number of ether oxygens (including phenoxy) is 1. The lowest BCUT2D eigenvalue weighted by Crippen LogP contribution is -2.38. The summed E-state index contributed by atoms with van der Waals surface area (Å²) in [5, 5.41) is 14.3. The maximum Gasteiger partial charge on any atom is 0.271 e. The molecular weight excluding hydrogens is 518 g/mol. The molecule has 188 valence electrons. The van der Waals surface area contributed by atoms with Gasteiger partial charge in [0.1, 0.15) is 12.3 Å². The SMILES string of the molecule is O=C(CN(c1cccc([N+](=O)[O-])c1)S(=O)(=O)c1ccccc1)Nc1cc(Cl)ccc1Oc1ccccc1. The summed E-state index contributed by atoms with van der Waals surface area (Å²) in [4.78, 5) is 23.7. The summed E-state index contributed by atoms with van der Waals surface area (Å²) in [6, 6.07) is 26.0. The lowest BCUT2D eigenvalue weighted by atomic mass is 10.2. The monoisotopic (exact) mass is 537 g/mol. The second kappa shape index (κ2) is 11.1. The molecule has 4 aromatic rings. The Morgan fingerprint density at radius 1 is 0.919 bits per heavy atom. The highest BCUT2D eigenvalue weighted by Gasteiger charge is 2.28. The van der Waals surface area contributed by atoms with Crippen LogP contribution in [-0.2, 0) is 14.8 Å². The molecule has 0 heterocycles. The van der Waals surface area contributed by atoms with Crippen LogP contribution in [0.15, 0.2) is 108 Å². The van der Waals surface area contributed by atoms with Gasteiger partial charge in [0.25, 0.3) is 15.7 Å². The molecule has 0 aliphatic heterocycles. The number of carbonyl (C=O) groups is 1. The molecule has 1 amide bonds. The van der Waals surface area contributed by atoms with Crippen molar-refractivity contribution in [2.24, 2.45) is 0 Å². The molecule has 0 bridgehead atoms. The van der Waals surface area contributed by atoms with E-state index >= 15 is 0 Å². The third-order valence-electron chi connectivity index (χ3n) is 5.13. The Morgan fingerprint density at radius 3 is 2.27 bits per heavy atom.